The predicted molar refractivity (Wildman–Crippen MR) is 96.9 cm³/mol. The molecule has 6 nitrogen and oxygen atoms in total. The lowest BCUT2D eigenvalue weighted by Gasteiger charge is -2.19. The number of hydrogen-bond donors (Lipinski definition) is 2. The van der Waals surface area contributed by atoms with E-state index in [4.69, 9.17) is 10.5 Å². The van der Waals surface area contributed by atoms with Crippen molar-refractivity contribution in [2.24, 2.45) is 5.73 Å². The van der Waals surface area contributed by atoms with Crippen molar-refractivity contribution in [2.75, 3.05) is 23.9 Å². The van der Waals surface area contributed by atoms with E-state index in [1.54, 1.807) is 42.3 Å². The molecule has 1 aliphatic rings. The Labute approximate surface area is 146 Å². The predicted octanol–water partition coefficient (Wildman–Crippen LogP) is 2.53. The number of anilines is 2. The summed E-state index contributed by atoms with van der Waals surface area (Å²) in [6.45, 7) is 1.13. The van der Waals surface area contributed by atoms with Crippen LogP contribution in [-0.2, 0) is 11.3 Å². The molecule has 6 heteroatoms. The molecule has 1 heterocycles. The van der Waals surface area contributed by atoms with Gasteiger partial charge in [-0.3, -0.25) is 9.59 Å². The first-order chi connectivity index (χ1) is 12.1. The van der Waals surface area contributed by atoms with Crippen LogP contribution in [0.2, 0.25) is 0 Å². The minimum Gasteiger partial charge on any atom is -0.494 e. The number of hydrogen-bond acceptors (Lipinski definition) is 4. The van der Waals surface area contributed by atoms with Gasteiger partial charge >= 0.3 is 0 Å². The molecule has 0 unspecified atom stereocenters. The van der Waals surface area contributed by atoms with Gasteiger partial charge in [-0.05, 0) is 36.2 Å². The Kier molecular flexibility index (Phi) is 5.00. The summed E-state index contributed by atoms with van der Waals surface area (Å²) in [7, 11) is 1.55. The Morgan fingerprint density at radius 3 is 2.60 bits per heavy atom. The van der Waals surface area contributed by atoms with Crippen molar-refractivity contribution in [3.8, 4) is 5.75 Å². The molecule has 3 rings (SSSR count). The van der Waals surface area contributed by atoms with Crippen LogP contribution in [0.25, 0.3) is 0 Å². The smallest absolute Gasteiger partial charge is 0.255 e. The second-order valence-electron chi connectivity index (χ2n) is 5.89. The van der Waals surface area contributed by atoms with E-state index in [1.807, 2.05) is 12.1 Å². The lowest BCUT2D eigenvalue weighted by molar-refractivity contribution is -0.117. The quantitative estimate of drug-likeness (QED) is 0.877. The first kappa shape index (κ1) is 17.0. The van der Waals surface area contributed by atoms with Gasteiger partial charge in [0.15, 0.2) is 0 Å². The van der Waals surface area contributed by atoms with Crippen LogP contribution in [0.4, 0.5) is 11.4 Å². The first-order valence-electron chi connectivity index (χ1n) is 8.21. The average Bonchev–Trinajstić information content (AvgIpc) is 3.07. The van der Waals surface area contributed by atoms with E-state index in [1.165, 1.54) is 0 Å². The Hall–Kier alpha value is -2.86. The number of rotatable bonds is 5. The second-order valence-corrected chi connectivity index (χ2v) is 5.89. The van der Waals surface area contributed by atoms with Gasteiger partial charge in [0.1, 0.15) is 5.75 Å². The first-order valence-corrected chi connectivity index (χ1v) is 8.21. The van der Waals surface area contributed by atoms with Gasteiger partial charge in [-0.2, -0.15) is 0 Å². The highest BCUT2D eigenvalue weighted by molar-refractivity contribution is 6.05. The molecule has 0 aromatic heterocycles. The number of nitrogens with zero attached hydrogens (tertiary/aromatic N) is 1. The number of nitrogens with two attached hydrogens (primary N) is 1. The summed E-state index contributed by atoms with van der Waals surface area (Å²) in [4.78, 5) is 26.0. The maximum atomic E-state index is 12.4. The van der Waals surface area contributed by atoms with Gasteiger partial charge in [0, 0.05) is 36.8 Å². The maximum absolute atomic E-state index is 12.4. The molecule has 130 valence electrons. The molecule has 1 fully saturated rings. The number of amides is 2. The van der Waals surface area contributed by atoms with Crippen molar-refractivity contribution in [2.45, 2.75) is 19.4 Å². The van der Waals surface area contributed by atoms with Crippen molar-refractivity contribution in [3.63, 3.8) is 0 Å². The van der Waals surface area contributed by atoms with Gasteiger partial charge in [-0.15, -0.1) is 0 Å². The zero-order valence-corrected chi connectivity index (χ0v) is 14.1. The van der Waals surface area contributed by atoms with Gasteiger partial charge < -0.3 is 20.7 Å². The average molecular weight is 339 g/mol. The molecule has 25 heavy (non-hydrogen) atoms. The zero-order chi connectivity index (χ0) is 17.8. The van der Waals surface area contributed by atoms with E-state index in [-0.39, 0.29) is 11.8 Å². The van der Waals surface area contributed by atoms with Gasteiger partial charge in [-0.25, -0.2) is 0 Å². The summed E-state index contributed by atoms with van der Waals surface area (Å²) < 4.78 is 5.41. The monoisotopic (exact) mass is 339 g/mol. The molecule has 1 aliphatic heterocycles. The van der Waals surface area contributed by atoms with Crippen LogP contribution < -0.4 is 20.7 Å². The Morgan fingerprint density at radius 2 is 2.00 bits per heavy atom. The Bertz CT molecular complexity index is 787. The van der Waals surface area contributed by atoms with E-state index in [0.29, 0.717) is 36.5 Å². The van der Waals surface area contributed by atoms with Crippen LogP contribution in [0.15, 0.2) is 42.5 Å². The van der Waals surface area contributed by atoms with E-state index < -0.39 is 0 Å². The SMILES string of the molecule is COc1cc(NC(=O)c2ccc(CN)cc2)ccc1N1CCCC1=O. The lowest BCUT2D eigenvalue weighted by Crippen LogP contribution is -2.24. The number of carbonyl (C=O) groups excluding carboxylic acids is 2. The Balaban J connectivity index is 1.78. The van der Waals surface area contributed by atoms with Crippen molar-refractivity contribution in [3.05, 3.63) is 53.6 Å². The largest absolute Gasteiger partial charge is 0.494 e. The summed E-state index contributed by atoms with van der Waals surface area (Å²) in [5.74, 6) is 0.442. The fourth-order valence-corrected chi connectivity index (χ4v) is 2.88. The number of ether oxygens (including phenoxy) is 1. The molecular formula is C19H21N3O3. The third kappa shape index (κ3) is 3.64. The summed E-state index contributed by atoms with van der Waals surface area (Å²) in [6.07, 6.45) is 1.40. The zero-order valence-electron chi connectivity index (χ0n) is 14.1. The van der Waals surface area contributed by atoms with Gasteiger partial charge in [0.05, 0.1) is 12.8 Å². The third-order valence-corrected chi connectivity index (χ3v) is 4.25. The molecule has 0 bridgehead atoms. The molecule has 0 radical (unpaired) electrons. The van der Waals surface area contributed by atoms with Gasteiger partial charge in [0.25, 0.3) is 5.91 Å². The summed E-state index contributed by atoms with van der Waals surface area (Å²) >= 11 is 0. The molecule has 0 saturated carbocycles. The molecule has 0 aliphatic carbocycles. The van der Waals surface area contributed by atoms with Gasteiger partial charge in [0.2, 0.25) is 5.91 Å². The highest BCUT2D eigenvalue weighted by Crippen LogP contribution is 2.33. The lowest BCUT2D eigenvalue weighted by atomic mass is 10.1. The molecular weight excluding hydrogens is 318 g/mol. The van der Waals surface area contributed by atoms with E-state index in [9.17, 15) is 9.59 Å². The minimum atomic E-state index is -0.212. The van der Waals surface area contributed by atoms with Crippen molar-refractivity contribution in [1.29, 1.82) is 0 Å². The van der Waals surface area contributed by atoms with Crippen LogP contribution in [0.5, 0.6) is 5.75 Å². The third-order valence-electron chi connectivity index (χ3n) is 4.25. The van der Waals surface area contributed by atoms with Crippen LogP contribution in [-0.4, -0.2) is 25.5 Å². The van der Waals surface area contributed by atoms with E-state index >= 15 is 0 Å². The highest BCUT2D eigenvalue weighted by atomic mass is 16.5. The maximum Gasteiger partial charge on any atom is 0.255 e. The van der Waals surface area contributed by atoms with Crippen LogP contribution in [0.3, 0.4) is 0 Å². The standard InChI is InChI=1S/C19H21N3O3/c1-25-17-11-15(8-9-16(17)22-10-2-3-18(22)23)21-19(24)14-6-4-13(12-20)5-7-14/h4-9,11H,2-3,10,12,20H2,1H3,(H,21,24). The number of carbonyl (C=O) groups is 2. The van der Waals surface area contributed by atoms with Crippen molar-refractivity contribution < 1.29 is 14.3 Å². The molecule has 3 N–H and O–H groups in total. The fraction of sp³-hybridized carbons (Fsp3) is 0.263. The Morgan fingerprint density at radius 1 is 1.24 bits per heavy atom. The normalized spacial score (nSPS) is 13.8. The highest BCUT2D eigenvalue weighted by Gasteiger charge is 2.24. The van der Waals surface area contributed by atoms with Crippen molar-refractivity contribution in [1.82, 2.24) is 0 Å². The van der Waals surface area contributed by atoms with E-state index in [2.05, 4.69) is 5.32 Å². The van der Waals surface area contributed by atoms with E-state index in [0.717, 1.165) is 17.7 Å². The molecule has 0 spiro atoms. The van der Waals surface area contributed by atoms with Crippen LogP contribution in [0, 0.1) is 0 Å². The molecule has 1 saturated heterocycles. The molecule has 2 amide bonds. The van der Waals surface area contributed by atoms with Gasteiger partial charge in [-0.1, -0.05) is 12.1 Å². The number of nitrogens with one attached hydrogen (secondary N) is 1. The van der Waals surface area contributed by atoms with Crippen molar-refractivity contribution >= 4 is 23.2 Å². The minimum absolute atomic E-state index is 0.0927. The fourth-order valence-electron chi connectivity index (χ4n) is 2.88. The topological polar surface area (TPSA) is 84.7 Å². The summed E-state index contributed by atoms with van der Waals surface area (Å²) in [5.41, 5.74) is 8.43. The summed E-state index contributed by atoms with van der Waals surface area (Å²) in [6, 6.07) is 12.4. The molecule has 2 aromatic carbocycles. The molecule has 2 aromatic rings. The van der Waals surface area contributed by atoms with Crippen LogP contribution >= 0.6 is 0 Å². The molecule has 0 atom stereocenters. The van der Waals surface area contributed by atoms with Crippen LogP contribution in [0.1, 0.15) is 28.8 Å². The summed E-state index contributed by atoms with van der Waals surface area (Å²) in [5, 5.41) is 2.85. The second kappa shape index (κ2) is 7.36. The number of benzene rings is 2. The number of methoxy groups -OCH3 is 1.